The van der Waals surface area contributed by atoms with Crippen molar-refractivity contribution in [1.29, 1.82) is 0 Å². The molecule has 2 rings (SSSR count). The van der Waals surface area contributed by atoms with Crippen LogP contribution >= 0.6 is 11.3 Å². The molecule has 0 aliphatic carbocycles. The molecule has 0 amide bonds. The summed E-state index contributed by atoms with van der Waals surface area (Å²) in [6.45, 7) is 0. The second-order valence-electron chi connectivity index (χ2n) is 3.02. The molecule has 0 fully saturated rings. The van der Waals surface area contributed by atoms with Crippen molar-refractivity contribution in [3.05, 3.63) is 26.8 Å². The third-order valence-electron chi connectivity index (χ3n) is 2.10. The van der Waals surface area contributed by atoms with Gasteiger partial charge in [-0.2, -0.15) is 0 Å². The Morgan fingerprint density at radius 1 is 1.56 bits per heavy atom. The van der Waals surface area contributed by atoms with Gasteiger partial charge in [0.1, 0.15) is 0 Å². The monoisotopic (exact) mass is 239 g/mol. The van der Waals surface area contributed by atoms with E-state index >= 15 is 0 Å². The van der Waals surface area contributed by atoms with Crippen molar-refractivity contribution in [2.45, 2.75) is 0 Å². The van der Waals surface area contributed by atoms with E-state index in [0.717, 1.165) is 4.68 Å². The molecule has 0 saturated carbocycles. The minimum absolute atomic E-state index is 0.161. The molecular formula is C9H9N3O3S. The zero-order valence-corrected chi connectivity index (χ0v) is 9.52. The van der Waals surface area contributed by atoms with Crippen LogP contribution in [0.2, 0.25) is 0 Å². The quantitative estimate of drug-likeness (QED) is 0.729. The summed E-state index contributed by atoms with van der Waals surface area (Å²) >= 11 is 1.26. The van der Waals surface area contributed by atoms with Crippen LogP contribution in [0.4, 0.5) is 0 Å². The number of rotatable bonds is 3. The lowest BCUT2D eigenvalue weighted by Crippen LogP contribution is -2.21. The second-order valence-corrected chi connectivity index (χ2v) is 3.96. The van der Waals surface area contributed by atoms with Gasteiger partial charge in [-0.3, -0.25) is 4.79 Å². The lowest BCUT2D eigenvalue weighted by Gasteiger charge is -2.01. The van der Waals surface area contributed by atoms with E-state index in [4.69, 9.17) is 4.74 Å². The molecule has 2 heterocycles. The van der Waals surface area contributed by atoms with Gasteiger partial charge < -0.3 is 4.74 Å². The fourth-order valence-electron chi connectivity index (χ4n) is 1.37. The van der Waals surface area contributed by atoms with Gasteiger partial charge in [-0.1, -0.05) is 0 Å². The maximum atomic E-state index is 11.8. The number of aromatic nitrogens is 3. The molecule has 84 valence electrons. The molecule has 0 aliphatic heterocycles. The average Bonchev–Trinajstić information content (AvgIpc) is 2.84. The molecule has 0 aromatic carbocycles. The summed E-state index contributed by atoms with van der Waals surface area (Å²) in [6, 6.07) is 1.84. The third kappa shape index (κ3) is 1.45. The Kier molecular flexibility index (Phi) is 2.61. The van der Waals surface area contributed by atoms with Crippen LogP contribution in [-0.2, 0) is 7.05 Å². The Balaban J connectivity index is 2.72. The molecule has 0 spiro atoms. The van der Waals surface area contributed by atoms with E-state index in [1.165, 1.54) is 30.1 Å². The van der Waals surface area contributed by atoms with E-state index in [1.54, 1.807) is 11.4 Å². The van der Waals surface area contributed by atoms with Crippen molar-refractivity contribution in [3.8, 4) is 11.7 Å². The molecule has 0 saturated heterocycles. The number of ether oxygens (including phenoxy) is 1. The minimum atomic E-state index is -0.349. The van der Waals surface area contributed by atoms with Crippen molar-refractivity contribution in [3.63, 3.8) is 0 Å². The second kappa shape index (κ2) is 3.93. The molecule has 0 bridgehead atoms. The van der Waals surface area contributed by atoms with E-state index in [-0.39, 0.29) is 11.7 Å². The van der Waals surface area contributed by atoms with E-state index in [1.807, 2.05) is 0 Å². The molecule has 6 nitrogen and oxygen atoms in total. The number of aldehydes is 1. The van der Waals surface area contributed by atoms with E-state index < -0.39 is 0 Å². The molecule has 0 atom stereocenters. The van der Waals surface area contributed by atoms with Crippen LogP contribution in [-0.4, -0.2) is 27.7 Å². The SMILES string of the molecule is COc1nn(C)c(=O)n1-c1ccsc1C=O. The van der Waals surface area contributed by atoms with Crippen LogP contribution in [0.3, 0.4) is 0 Å². The van der Waals surface area contributed by atoms with Crippen molar-refractivity contribution >= 4 is 17.6 Å². The predicted molar refractivity (Wildman–Crippen MR) is 58.6 cm³/mol. The van der Waals surface area contributed by atoms with Gasteiger partial charge in [0.25, 0.3) is 0 Å². The van der Waals surface area contributed by atoms with Crippen LogP contribution in [0.5, 0.6) is 6.01 Å². The number of nitrogens with zero attached hydrogens (tertiary/aromatic N) is 3. The Morgan fingerprint density at radius 2 is 2.31 bits per heavy atom. The molecule has 2 aromatic heterocycles. The Bertz CT molecular complexity index is 581. The summed E-state index contributed by atoms with van der Waals surface area (Å²) in [7, 11) is 2.94. The highest BCUT2D eigenvalue weighted by atomic mass is 32.1. The molecule has 0 radical (unpaired) electrons. The number of carbonyl (C=O) groups is 1. The average molecular weight is 239 g/mol. The minimum Gasteiger partial charge on any atom is -0.467 e. The van der Waals surface area contributed by atoms with Crippen molar-refractivity contribution in [2.75, 3.05) is 7.11 Å². The fraction of sp³-hybridized carbons (Fsp3) is 0.222. The number of carbonyl (C=O) groups excluding carboxylic acids is 1. The van der Waals surface area contributed by atoms with Crippen LogP contribution in [0.1, 0.15) is 9.67 Å². The van der Waals surface area contributed by atoms with Gasteiger partial charge in [0.2, 0.25) is 0 Å². The number of methoxy groups -OCH3 is 1. The first-order valence-corrected chi connectivity index (χ1v) is 5.30. The highest BCUT2D eigenvalue weighted by Crippen LogP contribution is 2.21. The number of aryl methyl sites for hydroxylation is 1. The predicted octanol–water partition coefficient (Wildman–Crippen LogP) is 0.454. The lowest BCUT2D eigenvalue weighted by molar-refractivity contribution is 0.112. The summed E-state index contributed by atoms with van der Waals surface area (Å²) in [4.78, 5) is 23.1. The zero-order chi connectivity index (χ0) is 11.7. The Morgan fingerprint density at radius 3 is 2.94 bits per heavy atom. The van der Waals surface area contributed by atoms with Gasteiger partial charge in [0, 0.05) is 7.05 Å². The molecule has 0 aliphatic rings. The molecule has 0 unspecified atom stereocenters. The highest BCUT2D eigenvalue weighted by Gasteiger charge is 2.16. The molecule has 16 heavy (non-hydrogen) atoms. The molecule has 7 heteroatoms. The summed E-state index contributed by atoms with van der Waals surface area (Å²) in [5.41, 5.74) is 0.147. The summed E-state index contributed by atoms with van der Waals surface area (Å²) < 4.78 is 7.41. The summed E-state index contributed by atoms with van der Waals surface area (Å²) in [5.74, 6) is 0. The standard InChI is InChI=1S/C9H9N3O3S/c1-11-9(14)12(8(10-11)15-2)6-3-4-16-7(6)5-13/h3-5H,1-2H3. The maximum absolute atomic E-state index is 11.8. The van der Waals surface area contributed by atoms with Crippen molar-refractivity contribution in [1.82, 2.24) is 14.3 Å². The first-order valence-electron chi connectivity index (χ1n) is 4.42. The third-order valence-corrected chi connectivity index (χ3v) is 2.93. The van der Waals surface area contributed by atoms with Gasteiger partial charge in [-0.15, -0.1) is 16.4 Å². The normalized spacial score (nSPS) is 10.4. The van der Waals surface area contributed by atoms with Crippen LogP contribution in [0, 0.1) is 0 Å². The number of thiophene rings is 1. The van der Waals surface area contributed by atoms with Gasteiger partial charge in [-0.05, 0) is 11.4 Å². The smallest absolute Gasteiger partial charge is 0.353 e. The van der Waals surface area contributed by atoms with E-state index in [9.17, 15) is 9.59 Å². The first kappa shape index (κ1) is 10.6. The zero-order valence-electron chi connectivity index (χ0n) is 8.71. The molecular weight excluding hydrogens is 230 g/mol. The Hall–Kier alpha value is -1.89. The summed E-state index contributed by atoms with van der Waals surface area (Å²) in [6.07, 6.45) is 0.707. The lowest BCUT2D eigenvalue weighted by atomic mass is 10.4. The van der Waals surface area contributed by atoms with Crippen LogP contribution in [0.15, 0.2) is 16.2 Å². The molecule has 0 N–H and O–H groups in total. The summed E-state index contributed by atoms with van der Waals surface area (Å²) in [5, 5.41) is 5.63. The van der Waals surface area contributed by atoms with E-state index in [2.05, 4.69) is 5.10 Å². The number of hydrogen-bond donors (Lipinski definition) is 0. The molecule has 2 aromatic rings. The van der Waals surface area contributed by atoms with E-state index in [0.29, 0.717) is 16.9 Å². The number of hydrogen-bond acceptors (Lipinski definition) is 5. The van der Waals surface area contributed by atoms with Gasteiger partial charge in [0.05, 0.1) is 17.7 Å². The van der Waals surface area contributed by atoms with Gasteiger partial charge >= 0.3 is 11.7 Å². The Labute approximate surface area is 94.7 Å². The highest BCUT2D eigenvalue weighted by molar-refractivity contribution is 7.12. The van der Waals surface area contributed by atoms with Crippen LogP contribution < -0.4 is 10.4 Å². The van der Waals surface area contributed by atoms with Gasteiger partial charge in [-0.25, -0.2) is 14.0 Å². The fourth-order valence-corrected chi connectivity index (χ4v) is 2.05. The maximum Gasteiger partial charge on any atom is 0.353 e. The first-order chi connectivity index (χ1) is 7.69. The van der Waals surface area contributed by atoms with Crippen molar-refractivity contribution in [2.24, 2.45) is 7.05 Å². The van der Waals surface area contributed by atoms with Crippen molar-refractivity contribution < 1.29 is 9.53 Å². The van der Waals surface area contributed by atoms with Gasteiger partial charge in [0.15, 0.2) is 6.29 Å². The van der Waals surface area contributed by atoms with Crippen LogP contribution in [0.25, 0.3) is 5.69 Å². The largest absolute Gasteiger partial charge is 0.467 e. The topological polar surface area (TPSA) is 66.1 Å².